The largest absolute Gasteiger partial charge is 0.360 e. The number of rotatable bonds is 4. The molecule has 4 aromatic rings. The van der Waals surface area contributed by atoms with Crippen molar-refractivity contribution in [3.8, 4) is 0 Å². The minimum Gasteiger partial charge on any atom is -0.360 e. The minimum atomic E-state index is -0.357. The summed E-state index contributed by atoms with van der Waals surface area (Å²) in [6.07, 6.45) is 1.74. The van der Waals surface area contributed by atoms with Gasteiger partial charge in [0, 0.05) is 22.7 Å². The SMILES string of the molecule is C[C@H](Sc1nc2sccc2c(=O)[nH]1)C(=O)c1c[nH]c2ccccc12. The van der Waals surface area contributed by atoms with Crippen LogP contribution in [0.4, 0.5) is 0 Å². The summed E-state index contributed by atoms with van der Waals surface area (Å²) >= 11 is 2.68. The van der Waals surface area contributed by atoms with E-state index in [1.165, 1.54) is 23.1 Å². The van der Waals surface area contributed by atoms with Gasteiger partial charge in [0.15, 0.2) is 10.9 Å². The summed E-state index contributed by atoms with van der Waals surface area (Å²) in [6, 6.07) is 9.45. The molecule has 0 aliphatic heterocycles. The van der Waals surface area contributed by atoms with Crippen molar-refractivity contribution in [3.05, 3.63) is 57.8 Å². The lowest BCUT2D eigenvalue weighted by molar-refractivity contribution is 0.0995. The van der Waals surface area contributed by atoms with E-state index in [1.54, 1.807) is 12.3 Å². The Hall–Kier alpha value is -2.38. The predicted molar refractivity (Wildman–Crippen MR) is 98.2 cm³/mol. The highest BCUT2D eigenvalue weighted by atomic mass is 32.2. The lowest BCUT2D eigenvalue weighted by Gasteiger charge is -2.08. The molecule has 0 unspecified atom stereocenters. The van der Waals surface area contributed by atoms with E-state index in [0.29, 0.717) is 20.9 Å². The molecule has 1 atom stereocenters. The van der Waals surface area contributed by atoms with Gasteiger partial charge in [-0.15, -0.1) is 11.3 Å². The molecule has 24 heavy (non-hydrogen) atoms. The highest BCUT2D eigenvalue weighted by Crippen LogP contribution is 2.27. The number of hydrogen-bond acceptors (Lipinski definition) is 5. The first-order chi connectivity index (χ1) is 11.6. The van der Waals surface area contributed by atoms with Gasteiger partial charge in [0.2, 0.25) is 0 Å². The standard InChI is InChI=1S/C17H13N3O2S2/c1-9(14(21)12-8-18-13-5-3-2-4-10(12)13)24-17-19-15(22)11-6-7-23-16(11)20-17/h2-9,18H,1H3,(H,19,20,22)/t9-/m0/s1. The number of thioether (sulfide) groups is 1. The number of hydrogen-bond donors (Lipinski definition) is 2. The van der Waals surface area contributed by atoms with Crippen LogP contribution in [0.3, 0.4) is 0 Å². The van der Waals surface area contributed by atoms with Crippen LogP contribution in [-0.2, 0) is 0 Å². The molecule has 0 fully saturated rings. The smallest absolute Gasteiger partial charge is 0.260 e. The lowest BCUT2D eigenvalue weighted by atomic mass is 10.1. The molecule has 0 aliphatic carbocycles. The van der Waals surface area contributed by atoms with E-state index in [0.717, 1.165) is 10.9 Å². The number of carbonyl (C=O) groups excluding carboxylic acids is 1. The van der Waals surface area contributed by atoms with Crippen LogP contribution in [0.15, 0.2) is 51.9 Å². The Morgan fingerprint density at radius 1 is 1.25 bits per heavy atom. The Morgan fingerprint density at radius 2 is 2.08 bits per heavy atom. The molecule has 1 aromatic carbocycles. The van der Waals surface area contributed by atoms with E-state index in [9.17, 15) is 9.59 Å². The summed E-state index contributed by atoms with van der Waals surface area (Å²) in [6.45, 7) is 1.83. The molecule has 0 saturated heterocycles. The molecule has 120 valence electrons. The van der Waals surface area contributed by atoms with Crippen molar-refractivity contribution in [3.63, 3.8) is 0 Å². The maximum atomic E-state index is 12.8. The van der Waals surface area contributed by atoms with Gasteiger partial charge < -0.3 is 9.97 Å². The van der Waals surface area contributed by atoms with Crippen molar-refractivity contribution in [2.75, 3.05) is 0 Å². The number of fused-ring (bicyclic) bond motifs is 2. The van der Waals surface area contributed by atoms with Crippen molar-refractivity contribution < 1.29 is 4.79 Å². The number of Topliss-reactive ketones (excluding diaryl/α,β-unsaturated/α-hetero) is 1. The van der Waals surface area contributed by atoms with Gasteiger partial charge in [-0.1, -0.05) is 30.0 Å². The second kappa shape index (κ2) is 5.92. The number of carbonyl (C=O) groups is 1. The fourth-order valence-corrected chi connectivity index (χ4v) is 4.30. The van der Waals surface area contributed by atoms with E-state index in [-0.39, 0.29) is 16.6 Å². The zero-order valence-electron chi connectivity index (χ0n) is 12.7. The Labute approximate surface area is 145 Å². The van der Waals surface area contributed by atoms with Crippen LogP contribution in [0.1, 0.15) is 17.3 Å². The first-order valence-corrected chi connectivity index (χ1v) is 9.14. The number of aromatic nitrogens is 3. The van der Waals surface area contributed by atoms with Gasteiger partial charge in [-0.05, 0) is 24.4 Å². The average Bonchev–Trinajstić information content (AvgIpc) is 3.20. The highest BCUT2D eigenvalue weighted by molar-refractivity contribution is 8.00. The van der Waals surface area contributed by atoms with Crippen LogP contribution in [0.25, 0.3) is 21.1 Å². The summed E-state index contributed by atoms with van der Waals surface area (Å²) in [5, 5.41) is 3.44. The van der Waals surface area contributed by atoms with Crippen molar-refractivity contribution >= 4 is 50.0 Å². The molecular formula is C17H13N3O2S2. The normalized spacial score (nSPS) is 12.7. The first kappa shape index (κ1) is 15.2. The average molecular weight is 355 g/mol. The monoisotopic (exact) mass is 355 g/mol. The third kappa shape index (κ3) is 2.55. The molecule has 7 heteroatoms. The van der Waals surface area contributed by atoms with Gasteiger partial charge >= 0.3 is 0 Å². The second-order valence-electron chi connectivity index (χ2n) is 5.38. The molecule has 5 nitrogen and oxygen atoms in total. The number of para-hydroxylation sites is 1. The zero-order chi connectivity index (χ0) is 16.7. The van der Waals surface area contributed by atoms with E-state index in [4.69, 9.17) is 0 Å². The molecule has 3 aromatic heterocycles. The number of nitrogens with zero attached hydrogens (tertiary/aromatic N) is 1. The molecule has 4 rings (SSSR count). The van der Waals surface area contributed by atoms with Crippen LogP contribution in [0.5, 0.6) is 0 Å². The fraction of sp³-hybridized carbons (Fsp3) is 0.118. The number of benzene rings is 1. The van der Waals surface area contributed by atoms with E-state index in [2.05, 4.69) is 15.0 Å². The zero-order valence-corrected chi connectivity index (χ0v) is 14.3. The highest BCUT2D eigenvalue weighted by Gasteiger charge is 2.21. The molecule has 2 N–H and O–H groups in total. The van der Waals surface area contributed by atoms with Crippen LogP contribution >= 0.6 is 23.1 Å². The maximum absolute atomic E-state index is 12.8. The minimum absolute atomic E-state index is 0.00590. The number of H-pyrrole nitrogens is 2. The quantitative estimate of drug-likeness (QED) is 0.331. The van der Waals surface area contributed by atoms with Gasteiger partial charge in [-0.2, -0.15) is 0 Å². The van der Waals surface area contributed by atoms with Gasteiger partial charge in [0.1, 0.15) is 4.83 Å². The summed E-state index contributed by atoms with van der Waals surface area (Å²) in [7, 11) is 0. The Kier molecular flexibility index (Phi) is 3.74. The summed E-state index contributed by atoms with van der Waals surface area (Å²) in [5.41, 5.74) is 1.42. The topological polar surface area (TPSA) is 78.6 Å². The van der Waals surface area contributed by atoms with Gasteiger partial charge in [-0.3, -0.25) is 9.59 Å². The van der Waals surface area contributed by atoms with Gasteiger partial charge in [-0.25, -0.2) is 4.98 Å². The third-order valence-electron chi connectivity index (χ3n) is 3.83. The summed E-state index contributed by atoms with van der Waals surface area (Å²) in [4.78, 5) is 35.8. The Balaban J connectivity index is 1.64. The number of thiophene rings is 1. The number of nitrogens with one attached hydrogen (secondary N) is 2. The van der Waals surface area contributed by atoms with Crippen LogP contribution < -0.4 is 5.56 Å². The predicted octanol–water partition coefficient (Wildman–Crippen LogP) is 3.83. The van der Waals surface area contributed by atoms with E-state index < -0.39 is 0 Å². The van der Waals surface area contributed by atoms with Crippen molar-refractivity contribution in [1.29, 1.82) is 0 Å². The van der Waals surface area contributed by atoms with Crippen molar-refractivity contribution in [2.24, 2.45) is 0 Å². The molecular weight excluding hydrogens is 342 g/mol. The molecule has 3 heterocycles. The molecule has 0 spiro atoms. The number of aromatic amines is 2. The van der Waals surface area contributed by atoms with Crippen LogP contribution in [-0.4, -0.2) is 26.0 Å². The summed E-state index contributed by atoms with van der Waals surface area (Å²) < 4.78 is 0. The number of ketones is 1. The molecule has 0 bridgehead atoms. The van der Waals surface area contributed by atoms with Gasteiger partial charge in [0.25, 0.3) is 5.56 Å². The summed E-state index contributed by atoms with van der Waals surface area (Å²) in [5.74, 6) is 0.00590. The van der Waals surface area contributed by atoms with E-state index in [1.807, 2.05) is 36.6 Å². The molecule has 0 aliphatic rings. The van der Waals surface area contributed by atoms with Crippen LogP contribution in [0, 0.1) is 0 Å². The van der Waals surface area contributed by atoms with Crippen molar-refractivity contribution in [1.82, 2.24) is 15.0 Å². The second-order valence-corrected chi connectivity index (χ2v) is 7.61. The fourth-order valence-electron chi connectivity index (χ4n) is 2.62. The van der Waals surface area contributed by atoms with Gasteiger partial charge in [0.05, 0.1) is 10.6 Å². The molecule has 0 saturated carbocycles. The maximum Gasteiger partial charge on any atom is 0.260 e. The van der Waals surface area contributed by atoms with Crippen molar-refractivity contribution in [2.45, 2.75) is 17.3 Å². The molecule has 0 radical (unpaired) electrons. The Morgan fingerprint density at radius 3 is 2.96 bits per heavy atom. The van der Waals surface area contributed by atoms with E-state index >= 15 is 0 Å². The third-order valence-corrected chi connectivity index (χ3v) is 5.62. The lowest BCUT2D eigenvalue weighted by Crippen LogP contribution is -2.15. The first-order valence-electron chi connectivity index (χ1n) is 7.38. The van der Waals surface area contributed by atoms with Crippen LogP contribution in [0.2, 0.25) is 0 Å². The Bertz CT molecular complexity index is 1110. The molecule has 0 amide bonds.